The third-order valence-electron chi connectivity index (χ3n) is 4.56. The van der Waals surface area contributed by atoms with Gasteiger partial charge in [-0.25, -0.2) is 9.37 Å². The van der Waals surface area contributed by atoms with Crippen LogP contribution in [0, 0.1) is 12.7 Å². The van der Waals surface area contributed by atoms with Gasteiger partial charge in [0.25, 0.3) is 5.56 Å². The van der Waals surface area contributed by atoms with E-state index < -0.39 is 0 Å². The van der Waals surface area contributed by atoms with Crippen molar-refractivity contribution >= 4 is 34.3 Å². The van der Waals surface area contributed by atoms with E-state index in [4.69, 9.17) is 0 Å². The minimum atomic E-state index is -0.370. The van der Waals surface area contributed by atoms with Crippen molar-refractivity contribution in [2.45, 2.75) is 12.1 Å². The number of carbonyl (C=O) groups is 1. The van der Waals surface area contributed by atoms with E-state index in [1.165, 1.54) is 36.0 Å². The van der Waals surface area contributed by atoms with Crippen LogP contribution in [0.25, 0.3) is 16.6 Å². The highest BCUT2D eigenvalue weighted by Crippen LogP contribution is 2.23. The molecule has 0 saturated carbocycles. The molecular weight excluding hydrogens is 401 g/mol. The summed E-state index contributed by atoms with van der Waals surface area (Å²) in [5.41, 5.74) is 2.55. The van der Waals surface area contributed by atoms with Crippen LogP contribution in [0.15, 0.2) is 82.7 Å². The molecule has 5 nitrogen and oxygen atoms in total. The van der Waals surface area contributed by atoms with Crippen LogP contribution in [-0.2, 0) is 4.79 Å². The van der Waals surface area contributed by atoms with Crippen molar-refractivity contribution in [1.82, 2.24) is 9.55 Å². The molecule has 0 aliphatic rings. The lowest BCUT2D eigenvalue weighted by molar-refractivity contribution is -0.113. The van der Waals surface area contributed by atoms with Crippen molar-refractivity contribution in [1.29, 1.82) is 0 Å². The first-order valence-corrected chi connectivity index (χ1v) is 10.3. The molecule has 4 aromatic rings. The van der Waals surface area contributed by atoms with E-state index in [2.05, 4.69) is 10.3 Å². The number of aryl methyl sites for hydroxylation is 1. The molecule has 0 saturated heterocycles. The first kappa shape index (κ1) is 19.8. The number of anilines is 1. The predicted molar refractivity (Wildman–Crippen MR) is 118 cm³/mol. The number of rotatable bonds is 5. The Bertz CT molecular complexity index is 1290. The van der Waals surface area contributed by atoms with Crippen LogP contribution < -0.4 is 10.9 Å². The van der Waals surface area contributed by atoms with E-state index >= 15 is 0 Å². The number of benzene rings is 3. The van der Waals surface area contributed by atoms with Crippen molar-refractivity contribution in [2.75, 3.05) is 11.1 Å². The van der Waals surface area contributed by atoms with Crippen LogP contribution in [0.3, 0.4) is 0 Å². The largest absolute Gasteiger partial charge is 0.325 e. The normalized spacial score (nSPS) is 10.9. The van der Waals surface area contributed by atoms with E-state index in [-0.39, 0.29) is 23.0 Å². The Morgan fingerprint density at radius 2 is 1.73 bits per heavy atom. The Kier molecular flexibility index (Phi) is 5.63. The third-order valence-corrected chi connectivity index (χ3v) is 5.50. The van der Waals surface area contributed by atoms with E-state index in [1.807, 2.05) is 37.3 Å². The number of hydrogen-bond donors (Lipinski definition) is 1. The zero-order chi connectivity index (χ0) is 21.1. The zero-order valence-electron chi connectivity index (χ0n) is 16.1. The minimum Gasteiger partial charge on any atom is -0.325 e. The summed E-state index contributed by atoms with van der Waals surface area (Å²) in [6, 6.07) is 20.2. The van der Waals surface area contributed by atoms with Gasteiger partial charge >= 0.3 is 0 Å². The quantitative estimate of drug-likeness (QED) is 0.380. The molecular formula is C23H18FN3O2S. The van der Waals surface area contributed by atoms with Crippen LogP contribution in [0.2, 0.25) is 0 Å². The van der Waals surface area contributed by atoms with Crippen LogP contribution in [0.1, 0.15) is 5.56 Å². The van der Waals surface area contributed by atoms with Crippen molar-refractivity contribution in [3.63, 3.8) is 0 Å². The Balaban J connectivity index is 1.68. The van der Waals surface area contributed by atoms with E-state index in [9.17, 15) is 14.0 Å². The maximum atomic E-state index is 13.2. The monoisotopic (exact) mass is 419 g/mol. The minimum absolute atomic E-state index is 0.0496. The second-order valence-electron chi connectivity index (χ2n) is 6.68. The second-order valence-corrected chi connectivity index (χ2v) is 7.62. The molecule has 0 spiro atoms. The standard InChI is InChI=1S/C23H18FN3O2S/c1-15-6-2-5-9-20(15)27-22(29)18-7-3-4-8-19(18)26-23(27)30-14-21(28)25-17-12-10-16(24)11-13-17/h2-13H,14H2,1H3,(H,25,28). The molecule has 1 heterocycles. The highest BCUT2D eigenvalue weighted by atomic mass is 32.2. The number of carbonyl (C=O) groups excluding carboxylic acids is 1. The van der Waals surface area contributed by atoms with Crippen LogP contribution in [0.4, 0.5) is 10.1 Å². The fourth-order valence-corrected chi connectivity index (χ4v) is 3.90. The summed E-state index contributed by atoms with van der Waals surface area (Å²) >= 11 is 1.18. The number of nitrogens with zero attached hydrogens (tertiary/aromatic N) is 2. The zero-order valence-corrected chi connectivity index (χ0v) is 16.9. The topological polar surface area (TPSA) is 64.0 Å². The van der Waals surface area contributed by atoms with Gasteiger partial charge in [0, 0.05) is 5.69 Å². The van der Waals surface area contributed by atoms with Crippen molar-refractivity contribution in [3.8, 4) is 5.69 Å². The van der Waals surface area contributed by atoms with Crippen LogP contribution in [0.5, 0.6) is 0 Å². The number of halogens is 1. The van der Waals surface area contributed by atoms with E-state index in [0.29, 0.717) is 21.7 Å². The maximum Gasteiger partial charge on any atom is 0.266 e. The molecule has 1 N–H and O–H groups in total. The molecule has 0 aliphatic heterocycles. The molecule has 0 fully saturated rings. The molecule has 30 heavy (non-hydrogen) atoms. The number of para-hydroxylation sites is 2. The number of thioether (sulfide) groups is 1. The second kappa shape index (κ2) is 8.51. The lowest BCUT2D eigenvalue weighted by Gasteiger charge is -2.15. The average Bonchev–Trinajstić information content (AvgIpc) is 2.75. The van der Waals surface area contributed by atoms with Crippen molar-refractivity contribution in [3.05, 3.63) is 94.5 Å². The first-order chi connectivity index (χ1) is 14.5. The SMILES string of the molecule is Cc1ccccc1-n1c(SCC(=O)Nc2ccc(F)cc2)nc2ccccc2c1=O. The summed E-state index contributed by atoms with van der Waals surface area (Å²) in [6.45, 7) is 1.92. The average molecular weight is 419 g/mol. The highest BCUT2D eigenvalue weighted by molar-refractivity contribution is 7.99. The van der Waals surface area contributed by atoms with Gasteiger partial charge in [0.05, 0.1) is 22.3 Å². The summed E-state index contributed by atoms with van der Waals surface area (Å²) in [7, 11) is 0. The number of nitrogens with one attached hydrogen (secondary N) is 1. The fraction of sp³-hybridized carbons (Fsp3) is 0.0870. The van der Waals surface area contributed by atoms with E-state index in [1.54, 1.807) is 22.8 Å². The molecule has 4 rings (SSSR count). The lowest BCUT2D eigenvalue weighted by Crippen LogP contribution is -2.23. The maximum absolute atomic E-state index is 13.2. The molecule has 150 valence electrons. The van der Waals surface area contributed by atoms with Gasteiger partial charge in [0.2, 0.25) is 5.91 Å². The van der Waals surface area contributed by atoms with Gasteiger partial charge in [0.15, 0.2) is 5.16 Å². The molecule has 0 bridgehead atoms. The molecule has 7 heteroatoms. The number of hydrogen-bond acceptors (Lipinski definition) is 4. The Hall–Kier alpha value is -3.45. The smallest absolute Gasteiger partial charge is 0.266 e. The van der Waals surface area contributed by atoms with Gasteiger partial charge in [0.1, 0.15) is 5.82 Å². The van der Waals surface area contributed by atoms with Gasteiger partial charge in [-0.05, 0) is 55.0 Å². The summed E-state index contributed by atoms with van der Waals surface area (Å²) in [6.07, 6.45) is 0. The Morgan fingerprint density at radius 3 is 2.50 bits per heavy atom. The lowest BCUT2D eigenvalue weighted by atomic mass is 10.2. The van der Waals surface area contributed by atoms with Crippen molar-refractivity contribution in [2.24, 2.45) is 0 Å². The molecule has 0 atom stereocenters. The number of amides is 1. The van der Waals surface area contributed by atoms with Crippen LogP contribution >= 0.6 is 11.8 Å². The van der Waals surface area contributed by atoms with Gasteiger partial charge in [-0.3, -0.25) is 14.2 Å². The predicted octanol–water partition coefficient (Wildman–Crippen LogP) is 4.56. The molecule has 0 unspecified atom stereocenters. The molecule has 3 aromatic carbocycles. The van der Waals surface area contributed by atoms with Crippen LogP contribution in [-0.4, -0.2) is 21.2 Å². The molecule has 1 amide bonds. The molecule has 0 radical (unpaired) electrons. The highest BCUT2D eigenvalue weighted by Gasteiger charge is 2.16. The summed E-state index contributed by atoms with van der Waals surface area (Å²) in [5, 5.41) is 3.67. The Labute approximate surface area is 176 Å². The Morgan fingerprint density at radius 1 is 1.03 bits per heavy atom. The first-order valence-electron chi connectivity index (χ1n) is 9.29. The van der Waals surface area contributed by atoms with Gasteiger partial charge < -0.3 is 5.32 Å². The fourth-order valence-electron chi connectivity index (χ4n) is 3.10. The number of fused-ring (bicyclic) bond motifs is 1. The molecule has 0 aliphatic carbocycles. The summed E-state index contributed by atoms with van der Waals surface area (Å²) in [4.78, 5) is 30.3. The van der Waals surface area contributed by atoms with Gasteiger partial charge in [-0.2, -0.15) is 0 Å². The van der Waals surface area contributed by atoms with Gasteiger partial charge in [-0.1, -0.05) is 42.1 Å². The molecule has 1 aromatic heterocycles. The summed E-state index contributed by atoms with van der Waals surface area (Å²) < 4.78 is 14.6. The number of aromatic nitrogens is 2. The van der Waals surface area contributed by atoms with E-state index in [0.717, 1.165) is 11.3 Å². The summed E-state index contributed by atoms with van der Waals surface area (Å²) in [5.74, 6) is -0.594. The van der Waals surface area contributed by atoms with Crippen molar-refractivity contribution < 1.29 is 9.18 Å². The third kappa shape index (κ3) is 4.11. The van der Waals surface area contributed by atoms with Gasteiger partial charge in [-0.15, -0.1) is 0 Å².